The summed E-state index contributed by atoms with van der Waals surface area (Å²) in [7, 11) is 3.77. The summed E-state index contributed by atoms with van der Waals surface area (Å²) in [5, 5.41) is 0. The number of carbonyl (C=O) groups is 2. The van der Waals surface area contributed by atoms with Crippen LogP contribution in [0.1, 0.15) is 10.4 Å². The molecule has 25 heavy (non-hydrogen) atoms. The topological polar surface area (TPSA) is 79.9 Å². The minimum Gasteiger partial charge on any atom is -0.485 e. The molecule has 3 rings (SSSR count). The van der Waals surface area contributed by atoms with E-state index in [2.05, 4.69) is 10.9 Å². The van der Waals surface area contributed by atoms with Crippen LogP contribution in [0.2, 0.25) is 0 Å². The summed E-state index contributed by atoms with van der Waals surface area (Å²) >= 11 is 0. The highest BCUT2D eigenvalue weighted by molar-refractivity contribution is 5.96. The Bertz CT molecular complexity index is 791. The van der Waals surface area contributed by atoms with Gasteiger partial charge in [-0.15, -0.1) is 0 Å². The number of nitrogens with zero attached hydrogens (tertiary/aromatic N) is 1. The molecule has 1 unspecified atom stereocenters. The molecule has 2 aromatic carbocycles. The number of ether oxygens (including phenoxy) is 2. The van der Waals surface area contributed by atoms with Gasteiger partial charge in [-0.05, 0) is 30.3 Å². The fraction of sp³-hybridized carbons (Fsp3) is 0.222. The highest BCUT2D eigenvalue weighted by Crippen LogP contribution is 2.30. The Hall–Kier alpha value is -3.22. The van der Waals surface area contributed by atoms with Crippen LogP contribution in [0.15, 0.2) is 48.5 Å². The van der Waals surface area contributed by atoms with E-state index in [1.807, 2.05) is 31.1 Å². The van der Waals surface area contributed by atoms with Crippen LogP contribution in [0, 0.1) is 0 Å². The number of para-hydroxylation sites is 2. The number of hydrogen-bond donors (Lipinski definition) is 2. The first-order chi connectivity index (χ1) is 12.0. The van der Waals surface area contributed by atoms with Gasteiger partial charge in [0.1, 0.15) is 6.61 Å². The molecule has 0 aromatic heterocycles. The molecule has 7 nitrogen and oxygen atoms in total. The monoisotopic (exact) mass is 341 g/mol. The summed E-state index contributed by atoms with van der Waals surface area (Å²) in [5.41, 5.74) is 6.10. The number of benzene rings is 2. The third kappa shape index (κ3) is 3.82. The standard InChI is InChI=1S/C18H19N3O4/c1-21(2)13-7-5-6-12(10-13)17(22)19-20-18(23)16-11-24-14-8-3-4-9-15(14)25-16/h3-10,16H,11H2,1-2H3,(H,19,22)(H,20,23). The van der Waals surface area contributed by atoms with E-state index in [-0.39, 0.29) is 6.61 Å². The minimum atomic E-state index is -0.830. The second-order valence-electron chi connectivity index (χ2n) is 5.75. The van der Waals surface area contributed by atoms with Crippen molar-refractivity contribution < 1.29 is 19.1 Å². The van der Waals surface area contributed by atoms with Gasteiger partial charge in [0.15, 0.2) is 11.5 Å². The summed E-state index contributed by atoms with van der Waals surface area (Å²) in [6.45, 7) is 0.0782. The third-order valence-electron chi connectivity index (χ3n) is 3.73. The SMILES string of the molecule is CN(C)c1cccc(C(=O)NNC(=O)C2COc3ccccc3O2)c1. The Kier molecular flexibility index (Phi) is 4.74. The molecule has 1 aliphatic heterocycles. The fourth-order valence-electron chi connectivity index (χ4n) is 2.35. The third-order valence-corrected chi connectivity index (χ3v) is 3.73. The Morgan fingerprint density at radius 3 is 2.56 bits per heavy atom. The Morgan fingerprint density at radius 2 is 1.80 bits per heavy atom. The normalized spacial score (nSPS) is 15.2. The van der Waals surface area contributed by atoms with Gasteiger partial charge in [0, 0.05) is 25.3 Å². The molecule has 0 fully saturated rings. The number of hydrogen-bond acceptors (Lipinski definition) is 5. The predicted molar refractivity (Wildman–Crippen MR) is 92.7 cm³/mol. The van der Waals surface area contributed by atoms with E-state index >= 15 is 0 Å². The lowest BCUT2D eigenvalue weighted by Crippen LogP contribution is -2.50. The lowest BCUT2D eigenvalue weighted by Gasteiger charge is -2.25. The van der Waals surface area contributed by atoms with Crippen LogP contribution in [-0.2, 0) is 4.79 Å². The lowest BCUT2D eigenvalue weighted by molar-refractivity contribution is -0.131. The zero-order chi connectivity index (χ0) is 17.8. The Morgan fingerprint density at radius 1 is 1.04 bits per heavy atom. The highest BCUT2D eigenvalue weighted by atomic mass is 16.6. The summed E-state index contributed by atoms with van der Waals surface area (Å²) in [4.78, 5) is 26.3. The van der Waals surface area contributed by atoms with Crippen molar-refractivity contribution in [1.29, 1.82) is 0 Å². The van der Waals surface area contributed by atoms with Gasteiger partial charge in [-0.25, -0.2) is 0 Å². The minimum absolute atomic E-state index is 0.0782. The van der Waals surface area contributed by atoms with Crippen molar-refractivity contribution in [2.45, 2.75) is 6.10 Å². The number of hydrazine groups is 1. The molecule has 0 spiro atoms. The lowest BCUT2D eigenvalue weighted by atomic mass is 10.2. The van der Waals surface area contributed by atoms with E-state index in [9.17, 15) is 9.59 Å². The van der Waals surface area contributed by atoms with E-state index in [1.54, 1.807) is 36.4 Å². The molecule has 7 heteroatoms. The van der Waals surface area contributed by atoms with Crippen LogP contribution in [0.5, 0.6) is 11.5 Å². The van der Waals surface area contributed by atoms with Crippen molar-refractivity contribution in [3.05, 3.63) is 54.1 Å². The maximum Gasteiger partial charge on any atom is 0.283 e. The molecule has 0 saturated heterocycles. The molecule has 1 heterocycles. The molecule has 0 bridgehead atoms. The van der Waals surface area contributed by atoms with Gasteiger partial charge < -0.3 is 14.4 Å². The first-order valence-electron chi connectivity index (χ1n) is 7.80. The van der Waals surface area contributed by atoms with Crippen LogP contribution < -0.4 is 25.2 Å². The Labute approximate surface area is 145 Å². The van der Waals surface area contributed by atoms with Crippen LogP contribution in [0.25, 0.3) is 0 Å². The average molecular weight is 341 g/mol. The van der Waals surface area contributed by atoms with Crippen LogP contribution in [0.4, 0.5) is 5.69 Å². The summed E-state index contributed by atoms with van der Waals surface area (Å²) in [6, 6.07) is 14.2. The number of fused-ring (bicyclic) bond motifs is 1. The average Bonchev–Trinajstić information content (AvgIpc) is 2.65. The molecule has 2 N–H and O–H groups in total. The van der Waals surface area contributed by atoms with Crippen molar-refractivity contribution in [3.8, 4) is 11.5 Å². The van der Waals surface area contributed by atoms with Gasteiger partial charge in [0.25, 0.3) is 11.8 Å². The quantitative estimate of drug-likeness (QED) is 0.824. The maximum absolute atomic E-state index is 12.2. The number of rotatable bonds is 3. The van der Waals surface area contributed by atoms with E-state index in [1.165, 1.54) is 0 Å². The first kappa shape index (κ1) is 16.6. The van der Waals surface area contributed by atoms with Crippen molar-refractivity contribution in [1.82, 2.24) is 10.9 Å². The highest BCUT2D eigenvalue weighted by Gasteiger charge is 2.27. The van der Waals surface area contributed by atoms with E-state index in [0.717, 1.165) is 5.69 Å². The zero-order valence-corrected chi connectivity index (χ0v) is 14.0. The largest absolute Gasteiger partial charge is 0.485 e. The van der Waals surface area contributed by atoms with E-state index in [0.29, 0.717) is 17.1 Å². The maximum atomic E-state index is 12.2. The van der Waals surface area contributed by atoms with Gasteiger partial charge in [-0.1, -0.05) is 18.2 Å². The van der Waals surface area contributed by atoms with Gasteiger partial charge in [-0.2, -0.15) is 0 Å². The molecule has 1 aliphatic rings. The Balaban J connectivity index is 1.57. The van der Waals surface area contributed by atoms with Gasteiger partial charge in [-0.3, -0.25) is 20.4 Å². The van der Waals surface area contributed by atoms with Crippen molar-refractivity contribution in [3.63, 3.8) is 0 Å². The summed E-state index contributed by atoms with van der Waals surface area (Å²) in [6.07, 6.45) is -0.830. The van der Waals surface area contributed by atoms with Gasteiger partial charge in [0.2, 0.25) is 6.10 Å². The molecule has 1 atom stereocenters. The molecule has 2 aromatic rings. The molecule has 130 valence electrons. The molecule has 0 saturated carbocycles. The van der Waals surface area contributed by atoms with E-state index < -0.39 is 17.9 Å². The molecular weight excluding hydrogens is 322 g/mol. The molecular formula is C18H19N3O4. The van der Waals surface area contributed by atoms with Crippen LogP contribution in [-0.4, -0.2) is 38.6 Å². The van der Waals surface area contributed by atoms with Crippen molar-refractivity contribution >= 4 is 17.5 Å². The molecule has 0 radical (unpaired) electrons. The summed E-state index contributed by atoms with van der Waals surface area (Å²) in [5.74, 6) is 0.204. The first-order valence-corrected chi connectivity index (χ1v) is 7.80. The second kappa shape index (κ2) is 7.12. The van der Waals surface area contributed by atoms with Gasteiger partial charge >= 0.3 is 0 Å². The predicted octanol–water partition coefficient (Wildman–Crippen LogP) is 1.35. The zero-order valence-electron chi connectivity index (χ0n) is 14.0. The summed E-state index contributed by atoms with van der Waals surface area (Å²) < 4.78 is 11.1. The smallest absolute Gasteiger partial charge is 0.283 e. The number of nitrogens with one attached hydrogen (secondary N) is 2. The number of carbonyl (C=O) groups excluding carboxylic acids is 2. The van der Waals surface area contributed by atoms with Crippen molar-refractivity contribution in [2.75, 3.05) is 25.6 Å². The number of anilines is 1. The van der Waals surface area contributed by atoms with Crippen molar-refractivity contribution in [2.24, 2.45) is 0 Å². The second-order valence-corrected chi connectivity index (χ2v) is 5.75. The molecule has 2 amide bonds. The number of amides is 2. The van der Waals surface area contributed by atoms with Crippen LogP contribution >= 0.6 is 0 Å². The van der Waals surface area contributed by atoms with E-state index in [4.69, 9.17) is 9.47 Å². The molecule has 0 aliphatic carbocycles. The van der Waals surface area contributed by atoms with Gasteiger partial charge in [0.05, 0.1) is 0 Å². The fourth-order valence-corrected chi connectivity index (χ4v) is 2.35. The van der Waals surface area contributed by atoms with Crippen LogP contribution in [0.3, 0.4) is 0 Å².